The third kappa shape index (κ3) is 2.72. The minimum absolute atomic E-state index is 0.138. The van der Waals surface area contributed by atoms with E-state index in [1.54, 1.807) is 0 Å². The van der Waals surface area contributed by atoms with Gasteiger partial charge in [-0.15, -0.1) is 6.58 Å². The maximum absolute atomic E-state index is 12.6. The Bertz CT molecular complexity index is 1010. The zero-order valence-electron chi connectivity index (χ0n) is 15.8. The number of nitrogens with zero attached hydrogens (tertiary/aromatic N) is 1. The molecule has 1 N–H and O–H groups in total. The van der Waals surface area contributed by atoms with Gasteiger partial charge in [-0.2, -0.15) is 0 Å². The van der Waals surface area contributed by atoms with Crippen molar-refractivity contribution in [2.45, 2.75) is 38.5 Å². The average molecular weight is 358 g/mol. The van der Waals surface area contributed by atoms with Gasteiger partial charge >= 0.3 is 0 Å². The topological polar surface area (TPSA) is 36.1 Å². The van der Waals surface area contributed by atoms with E-state index in [0.717, 1.165) is 63.0 Å². The molecule has 27 heavy (non-hydrogen) atoms. The van der Waals surface area contributed by atoms with E-state index < -0.39 is 0 Å². The van der Waals surface area contributed by atoms with E-state index in [0.29, 0.717) is 0 Å². The quantitative estimate of drug-likeness (QED) is 0.716. The number of hydrogen-bond acceptors (Lipinski definition) is 2. The van der Waals surface area contributed by atoms with Crippen molar-refractivity contribution in [3.63, 3.8) is 0 Å². The van der Waals surface area contributed by atoms with Gasteiger partial charge in [0.2, 0.25) is 0 Å². The lowest BCUT2D eigenvalue weighted by Gasteiger charge is -2.26. The van der Waals surface area contributed by atoms with Crippen molar-refractivity contribution in [2.24, 2.45) is 0 Å². The summed E-state index contributed by atoms with van der Waals surface area (Å²) in [6.45, 7) is 6.88. The van der Waals surface area contributed by atoms with Gasteiger partial charge in [0, 0.05) is 37.2 Å². The van der Waals surface area contributed by atoms with Crippen LogP contribution in [0.4, 0.5) is 0 Å². The molecule has 138 valence electrons. The van der Waals surface area contributed by atoms with Crippen molar-refractivity contribution in [2.75, 3.05) is 19.6 Å². The number of fused-ring (bicyclic) bond motifs is 5. The molecule has 2 aliphatic carbocycles. The van der Waals surface area contributed by atoms with Gasteiger partial charge in [-0.05, 0) is 59.9 Å². The van der Waals surface area contributed by atoms with Crippen LogP contribution in [0.5, 0.6) is 0 Å². The number of aromatic nitrogens is 1. The number of H-pyrrole nitrogens is 1. The van der Waals surface area contributed by atoms with Gasteiger partial charge in [-0.1, -0.05) is 30.4 Å². The van der Waals surface area contributed by atoms with Gasteiger partial charge in [0.1, 0.15) is 0 Å². The highest BCUT2D eigenvalue weighted by Gasteiger charge is 2.29. The Balaban J connectivity index is 1.57. The molecule has 1 aliphatic heterocycles. The standard InChI is InChI=1S/C24H26N2O/c1-2-12-26-13-10-16(11-14-26)17-8-5-9-19-21(17)15-22-18-6-3-4-7-20(18)24(27)25-23(19)22/h2,5,8-10H,1,3-4,6-7,11-15H2,(H,25,27). The molecule has 0 saturated carbocycles. The lowest BCUT2D eigenvalue weighted by Crippen LogP contribution is -2.28. The van der Waals surface area contributed by atoms with Crippen LogP contribution in [0.25, 0.3) is 16.8 Å². The van der Waals surface area contributed by atoms with Crippen LogP contribution in [-0.4, -0.2) is 29.5 Å². The predicted octanol–water partition coefficient (Wildman–Crippen LogP) is 4.10. The smallest absolute Gasteiger partial charge is 0.251 e. The van der Waals surface area contributed by atoms with Crippen molar-refractivity contribution < 1.29 is 0 Å². The molecule has 0 atom stereocenters. The van der Waals surface area contributed by atoms with Gasteiger partial charge in [-0.25, -0.2) is 0 Å². The summed E-state index contributed by atoms with van der Waals surface area (Å²) in [5.41, 5.74) is 10.5. The van der Waals surface area contributed by atoms with Crippen molar-refractivity contribution >= 4 is 5.57 Å². The summed E-state index contributed by atoms with van der Waals surface area (Å²) >= 11 is 0. The predicted molar refractivity (Wildman–Crippen MR) is 111 cm³/mol. The fourth-order valence-corrected chi connectivity index (χ4v) is 5.12. The monoisotopic (exact) mass is 358 g/mol. The Morgan fingerprint density at radius 3 is 2.63 bits per heavy atom. The molecule has 0 amide bonds. The number of hydrogen-bond donors (Lipinski definition) is 1. The van der Waals surface area contributed by atoms with E-state index in [9.17, 15) is 4.79 Å². The Kier molecular flexibility index (Phi) is 4.13. The largest absolute Gasteiger partial charge is 0.321 e. The van der Waals surface area contributed by atoms with E-state index in [1.807, 2.05) is 6.08 Å². The summed E-state index contributed by atoms with van der Waals surface area (Å²) in [4.78, 5) is 18.3. The highest BCUT2D eigenvalue weighted by Crippen LogP contribution is 2.42. The van der Waals surface area contributed by atoms with Crippen LogP contribution in [0.1, 0.15) is 47.1 Å². The van der Waals surface area contributed by atoms with Crippen LogP contribution in [0, 0.1) is 0 Å². The second kappa shape index (κ2) is 6.65. The molecule has 0 fully saturated rings. The van der Waals surface area contributed by atoms with Gasteiger partial charge in [0.05, 0.1) is 5.69 Å². The fourth-order valence-electron chi connectivity index (χ4n) is 5.12. The molecule has 0 saturated heterocycles. The molecule has 1 aromatic heterocycles. The molecule has 0 unspecified atom stereocenters. The summed E-state index contributed by atoms with van der Waals surface area (Å²) in [5, 5.41) is 0. The number of benzene rings is 1. The fraction of sp³-hybridized carbons (Fsp3) is 0.375. The van der Waals surface area contributed by atoms with E-state index >= 15 is 0 Å². The first-order chi connectivity index (χ1) is 13.3. The summed E-state index contributed by atoms with van der Waals surface area (Å²) < 4.78 is 0. The Labute approximate surface area is 160 Å². The maximum atomic E-state index is 12.6. The molecular weight excluding hydrogens is 332 g/mol. The van der Waals surface area contributed by atoms with Crippen molar-refractivity contribution in [1.29, 1.82) is 0 Å². The van der Waals surface area contributed by atoms with E-state index in [4.69, 9.17) is 0 Å². The van der Waals surface area contributed by atoms with Crippen LogP contribution >= 0.6 is 0 Å². The highest BCUT2D eigenvalue weighted by atomic mass is 16.1. The molecule has 3 nitrogen and oxygen atoms in total. The number of rotatable bonds is 3. The summed E-state index contributed by atoms with van der Waals surface area (Å²) in [5.74, 6) is 0. The van der Waals surface area contributed by atoms with Crippen LogP contribution in [0.15, 0.2) is 41.7 Å². The van der Waals surface area contributed by atoms with Crippen molar-refractivity contribution in [3.8, 4) is 11.3 Å². The first-order valence-corrected chi connectivity index (χ1v) is 10.2. The number of pyridine rings is 1. The second-order valence-corrected chi connectivity index (χ2v) is 8.01. The van der Waals surface area contributed by atoms with Gasteiger partial charge in [0.15, 0.2) is 0 Å². The first-order valence-electron chi connectivity index (χ1n) is 10.2. The third-order valence-corrected chi connectivity index (χ3v) is 6.47. The SMILES string of the molecule is C=CCN1CC=C(c2cccc3c2Cc2c-3[nH]c(=O)c3c2CCCC3)CC1. The van der Waals surface area contributed by atoms with Gasteiger partial charge in [0.25, 0.3) is 5.56 Å². The molecule has 0 radical (unpaired) electrons. The minimum atomic E-state index is 0.138. The Morgan fingerprint density at radius 2 is 1.85 bits per heavy atom. The van der Waals surface area contributed by atoms with Crippen LogP contribution in [0.3, 0.4) is 0 Å². The van der Waals surface area contributed by atoms with E-state index in [1.165, 1.54) is 39.8 Å². The molecule has 2 aromatic rings. The summed E-state index contributed by atoms with van der Waals surface area (Å²) in [6, 6.07) is 6.60. The first kappa shape index (κ1) is 16.8. The zero-order chi connectivity index (χ0) is 18.4. The summed E-state index contributed by atoms with van der Waals surface area (Å²) in [6.07, 6.45) is 10.7. The minimum Gasteiger partial charge on any atom is -0.321 e. The molecule has 0 spiro atoms. The second-order valence-electron chi connectivity index (χ2n) is 8.01. The third-order valence-electron chi connectivity index (χ3n) is 6.47. The molecular formula is C24H26N2O. The number of aromatic amines is 1. The summed E-state index contributed by atoms with van der Waals surface area (Å²) in [7, 11) is 0. The van der Waals surface area contributed by atoms with Crippen LogP contribution in [-0.2, 0) is 19.3 Å². The van der Waals surface area contributed by atoms with Crippen molar-refractivity contribution in [1.82, 2.24) is 9.88 Å². The molecule has 0 bridgehead atoms. The maximum Gasteiger partial charge on any atom is 0.251 e. The average Bonchev–Trinajstić information content (AvgIpc) is 3.08. The lowest BCUT2D eigenvalue weighted by molar-refractivity contribution is 0.335. The molecule has 3 aliphatic rings. The Hall–Kier alpha value is -2.39. The van der Waals surface area contributed by atoms with E-state index in [-0.39, 0.29) is 5.56 Å². The zero-order valence-corrected chi connectivity index (χ0v) is 15.8. The molecule has 2 heterocycles. The van der Waals surface area contributed by atoms with Gasteiger partial charge in [-0.3, -0.25) is 9.69 Å². The van der Waals surface area contributed by atoms with Crippen molar-refractivity contribution in [3.05, 3.63) is 75.1 Å². The van der Waals surface area contributed by atoms with E-state index in [2.05, 4.69) is 40.7 Å². The molecule has 1 aromatic carbocycles. The van der Waals surface area contributed by atoms with Crippen LogP contribution < -0.4 is 5.56 Å². The molecule has 3 heteroatoms. The van der Waals surface area contributed by atoms with Crippen LogP contribution in [0.2, 0.25) is 0 Å². The van der Waals surface area contributed by atoms with Gasteiger partial charge < -0.3 is 4.98 Å². The Morgan fingerprint density at radius 1 is 1.04 bits per heavy atom. The number of nitrogens with one attached hydrogen (secondary N) is 1. The lowest BCUT2D eigenvalue weighted by atomic mass is 9.88. The normalized spacial score (nSPS) is 18.4. The highest BCUT2D eigenvalue weighted by molar-refractivity contribution is 5.82. The molecule has 5 rings (SSSR count).